The molecule has 2 unspecified atom stereocenters. The monoisotopic (exact) mass is 227 g/mol. The molecule has 0 saturated carbocycles. The fraction of sp³-hybridized carbons (Fsp3) is 0.917. The van der Waals surface area contributed by atoms with Gasteiger partial charge in [0.25, 0.3) is 0 Å². The van der Waals surface area contributed by atoms with Gasteiger partial charge < -0.3 is 0 Å². The Kier molecular flexibility index (Phi) is 5.22. The first-order chi connectivity index (χ1) is 7.56. The molecule has 94 valence electrons. The van der Waals surface area contributed by atoms with Crippen LogP contribution in [0.15, 0.2) is 0 Å². The SMILES string of the molecule is CC(C)C1CCCN1C(C)CCC(=O)NN. The van der Waals surface area contributed by atoms with Crippen LogP contribution in [0.3, 0.4) is 0 Å². The summed E-state index contributed by atoms with van der Waals surface area (Å²) < 4.78 is 0. The number of likely N-dealkylation sites (tertiary alicyclic amines) is 1. The molecule has 0 aromatic carbocycles. The second-order valence-corrected chi connectivity index (χ2v) is 5.15. The first kappa shape index (κ1) is 13.5. The number of nitrogens with two attached hydrogens (primary N) is 1. The van der Waals surface area contributed by atoms with Crippen molar-refractivity contribution in [3.8, 4) is 0 Å². The molecule has 1 rings (SSSR count). The number of nitrogens with one attached hydrogen (secondary N) is 1. The largest absolute Gasteiger partial charge is 0.297 e. The van der Waals surface area contributed by atoms with E-state index in [0.29, 0.717) is 24.4 Å². The van der Waals surface area contributed by atoms with Crippen molar-refractivity contribution in [3.05, 3.63) is 0 Å². The van der Waals surface area contributed by atoms with Gasteiger partial charge in [-0.2, -0.15) is 0 Å². The van der Waals surface area contributed by atoms with Crippen molar-refractivity contribution >= 4 is 5.91 Å². The second kappa shape index (κ2) is 6.21. The van der Waals surface area contributed by atoms with Gasteiger partial charge in [0.15, 0.2) is 0 Å². The lowest BCUT2D eigenvalue weighted by molar-refractivity contribution is -0.121. The number of carbonyl (C=O) groups is 1. The highest BCUT2D eigenvalue weighted by atomic mass is 16.2. The summed E-state index contributed by atoms with van der Waals surface area (Å²) >= 11 is 0. The second-order valence-electron chi connectivity index (χ2n) is 5.15. The maximum Gasteiger partial charge on any atom is 0.233 e. The highest BCUT2D eigenvalue weighted by Crippen LogP contribution is 2.27. The Balaban J connectivity index is 2.40. The fourth-order valence-electron chi connectivity index (χ4n) is 2.66. The Morgan fingerprint density at radius 1 is 1.50 bits per heavy atom. The number of hydrogen-bond donors (Lipinski definition) is 2. The van der Waals surface area contributed by atoms with E-state index in [0.717, 1.165) is 6.42 Å². The molecule has 0 aromatic rings. The summed E-state index contributed by atoms with van der Waals surface area (Å²) in [6, 6.07) is 1.17. The zero-order valence-electron chi connectivity index (χ0n) is 10.7. The zero-order chi connectivity index (χ0) is 12.1. The van der Waals surface area contributed by atoms with E-state index in [-0.39, 0.29) is 5.91 Å². The molecule has 0 aromatic heterocycles. The smallest absolute Gasteiger partial charge is 0.233 e. The van der Waals surface area contributed by atoms with E-state index in [4.69, 9.17) is 5.84 Å². The summed E-state index contributed by atoms with van der Waals surface area (Å²) in [6.45, 7) is 7.95. The van der Waals surface area contributed by atoms with Gasteiger partial charge in [0, 0.05) is 18.5 Å². The minimum absolute atomic E-state index is 0.0628. The molecular weight excluding hydrogens is 202 g/mol. The third-order valence-corrected chi connectivity index (χ3v) is 3.63. The van der Waals surface area contributed by atoms with Gasteiger partial charge in [-0.3, -0.25) is 15.1 Å². The molecule has 1 amide bonds. The number of hydrazine groups is 1. The van der Waals surface area contributed by atoms with Gasteiger partial charge in [0.05, 0.1) is 0 Å². The van der Waals surface area contributed by atoms with Crippen LogP contribution in [0.1, 0.15) is 46.5 Å². The molecule has 0 bridgehead atoms. The van der Waals surface area contributed by atoms with E-state index < -0.39 is 0 Å². The van der Waals surface area contributed by atoms with Crippen molar-refractivity contribution in [2.45, 2.75) is 58.5 Å². The molecule has 0 aliphatic carbocycles. The minimum atomic E-state index is -0.0628. The molecule has 16 heavy (non-hydrogen) atoms. The van der Waals surface area contributed by atoms with Gasteiger partial charge in [-0.1, -0.05) is 13.8 Å². The highest BCUT2D eigenvalue weighted by Gasteiger charge is 2.30. The minimum Gasteiger partial charge on any atom is -0.297 e. The predicted octanol–water partition coefficient (Wildman–Crippen LogP) is 1.27. The van der Waals surface area contributed by atoms with Crippen LogP contribution < -0.4 is 11.3 Å². The fourth-order valence-corrected chi connectivity index (χ4v) is 2.66. The Morgan fingerprint density at radius 3 is 2.75 bits per heavy atom. The van der Waals surface area contributed by atoms with Gasteiger partial charge in [-0.15, -0.1) is 0 Å². The summed E-state index contributed by atoms with van der Waals surface area (Å²) in [7, 11) is 0. The van der Waals surface area contributed by atoms with E-state index in [2.05, 4.69) is 31.1 Å². The van der Waals surface area contributed by atoms with Crippen molar-refractivity contribution in [2.24, 2.45) is 11.8 Å². The first-order valence-electron chi connectivity index (χ1n) is 6.31. The molecule has 3 N–H and O–H groups in total. The van der Waals surface area contributed by atoms with E-state index in [9.17, 15) is 4.79 Å². The third-order valence-electron chi connectivity index (χ3n) is 3.63. The number of carbonyl (C=O) groups excluding carboxylic acids is 1. The lowest BCUT2D eigenvalue weighted by atomic mass is 10.00. The number of amides is 1. The maximum absolute atomic E-state index is 11.1. The molecule has 1 aliphatic rings. The van der Waals surface area contributed by atoms with Crippen LogP contribution in [0, 0.1) is 5.92 Å². The van der Waals surface area contributed by atoms with Gasteiger partial charge in [0.2, 0.25) is 5.91 Å². The lowest BCUT2D eigenvalue weighted by Gasteiger charge is -2.33. The summed E-state index contributed by atoms with van der Waals surface area (Å²) in [6.07, 6.45) is 4.01. The van der Waals surface area contributed by atoms with Gasteiger partial charge in [-0.05, 0) is 38.6 Å². The molecule has 0 radical (unpaired) electrons. The Hall–Kier alpha value is -0.610. The zero-order valence-corrected chi connectivity index (χ0v) is 10.7. The molecule has 0 spiro atoms. The van der Waals surface area contributed by atoms with Crippen molar-refractivity contribution in [2.75, 3.05) is 6.54 Å². The van der Waals surface area contributed by atoms with E-state index in [1.807, 2.05) is 0 Å². The first-order valence-corrected chi connectivity index (χ1v) is 6.31. The van der Waals surface area contributed by atoms with Crippen LogP contribution in [0.4, 0.5) is 0 Å². The van der Waals surface area contributed by atoms with Gasteiger partial charge in [0.1, 0.15) is 0 Å². The Labute approximate surface area is 98.5 Å². The molecule has 4 nitrogen and oxygen atoms in total. The summed E-state index contributed by atoms with van der Waals surface area (Å²) in [5, 5.41) is 0. The van der Waals surface area contributed by atoms with Crippen molar-refractivity contribution in [3.63, 3.8) is 0 Å². The average Bonchev–Trinajstić information content (AvgIpc) is 2.74. The van der Waals surface area contributed by atoms with E-state index in [1.54, 1.807) is 0 Å². The molecular formula is C12H25N3O. The number of rotatable bonds is 5. The van der Waals surface area contributed by atoms with E-state index >= 15 is 0 Å². The molecule has 1 heterocycles. The van der Waals surface area contributed by atoms with Crippen LogP contribution in [0.5, 0.6) is 0 Å². The average molecular weight is 227 g/mol. The third kappa shape index (κ3) is 3.46. The van der Waals surface area contributed by atoms with Crippen LogP contribution in [0.2, 0.25) is 0 Å². The quantitative estimate of drug-likeness (QED) is 0.422. The van der Waals surface area contributed by atoms with Crippen molar-refractivity contribution in [1.82, 2.24) is 10.3 Å². The lowest BCUT2D eigenvalue weighted by Crippen LogP contribution is -2.41. The highest BCUT2D eigenvalue weighted by molar-refractivity contribution is 5.75. The molecule has 2 atom stereocenters. The standard InChI is InChI=1S/C12H25N3O/c1-9(2)11-5-4-8-15(11)10(3)6-7-12(16)14-13/h9-11H,4-8,13H2,1-3H3,(H,14,16). The predicted molar refractivity (Wildman–Crippen MR) is 65.6 cm³/mol. The van der Waals surface area contributed by atoms with Crippen molar-refractivity contribution < 1.29 is 4.79 Å². The Morgan fingerprint density at radius 2 is 2.19 bits per heavy atom. The summed E-state index contributed by atoms with van der Waals surface area (Å²) in [5.74, 6) is 5.71. The topological polar surface area (TPSA) is 58.4 Å². The molecule has 1 saturated heterocycles. The maximum atomic E-state index is 11.1. The molecule has 1 aliphatic heterocycles. The Bertz CT molecular complexity index is 230. The summed E-state index contributed by atoms with van der Waals surface area (Å²) in [5.41, 5.74) is 2.19. The van der Waals surface area contributed by atoms with Crippen molar-refractivity contribution in [1.29, 1.82) is 0 Å². The number of nitrogens with zero attached hydrogens (tertiary/aromatic N) is 1. The van der Waals surface area contributed by atoms with Crippen LogP contribution in [-0.4, -0.2) is 29.4 Å². The molecule has 4 heteroatoms. The normalized spacial score (nSPS) is 23.7. The number of hydrogen-bond acceptors (Lipinski definition) is 3. The van der Waals surface area contributed by atoms with Gasteiger partial charge >= 0.3 is 0 Å². The molecule has 1 fully saturated rings. The van der Waals surface area contributed by atoms with Crippen LogP contribution in [-0.2, 0) is 4.79 Å². The van der Waals surface area contributed by atoms with Gasteiger partial charge in [-0.25, -0.2) is 5.84 Å². The van der Waals surface area contributed by atoms with Crippen LogP contribution >= 0.6 is 0 Å². The van der Waals surface area contributed by atoms with Crippen LogP contribution in [0.25, 0.3) is 0 Å². The summed E-state index contributed by atoms with van der Waals surface area (Å²) in [4.78, 5) is 13.6. The van der Waals surface area contributed by atoms with E-state index in [1.165, 1.54) is 19.4 Å².